The molecule has 230 valence electrons. The van der Waals surface area contributed by atoms with E-state index in [-0.39, 0.29) is 50.6 Å². The minimum Gasteiger partial charge on any atom is -0.508 e. The van der Waals surface area contributed by atoms with E-state index in [1.165, 1.54) is 12.1 Å². The number of phenolic OH excluding ortho intramolecular Hbond substituents is 1. The number of anilines is 1. The first-order valence-corrected chi connectivity index (χ1v) is 16.9. The molecule has 0 radical (unpaired) electrons. The van der Waals surface area contributed by atoms with Gasteiger partial charge in [0.15, 0.2) is 5.75 Å². The van der Waals surface area contributed by atoms with Crippen molar-refractivity contribution in [3.8, 4) is 11.5 Å². The zero-order valence-electron chi connectivity index (χ0n) is 22.3. The number of rotatable bonds is 9. The molecule has 1 saturated carbocycles. The normalized spacial score (nSPS) is 23.6. The number of piperazine rings is 1. The van der Waals surface area contributed by atoms with Crippen LogP contribution in [0.5, 0.6) is 11.5 Å². The zero-order chi connectivity index (χ0) is 30.3. The summed E-state index contributed by atoms with van der Waals surface area (Å²) < 4.78 is 28.2. The van der Waals surface area contributed by atoms with Crippen molar-refractivity contribution in [2.45, 2.75) is 48.9 Å². The van der Waals surface area contributed by atoms with Gasteiger partial charge in [-0.1, -0.05) is 58.0 Å². The van der Waals surface area contributed by atoms with Gasteiger partial charge in [-0.2, -0.15) is 0 Å². The number of piperidine rings is 1. The second-order valence-corrected chi connectivity index (χ2v) is 14.7. The highest BCUT2D eigenvalue weighted by Crippen LogP contribution is 2.47. The molecule has 0 bridgehead atoms. The molecular weight excluding hydrogens is 672 g/mol. The highest BCUT2D eigenvalue weighted by Gasteiger charge is 2.39. The maximum Gasteiger partial charge on any atom is 0.236 e. The summed E-state index contributed by atoms with van der Waals surface area (Å²) in [6.07, 6.45) is 2.15. The summed E-state index contributed by atoms with van der Waals surface area (Å²) in [5.41, 5.74) is 6.50. The third-order valence-electron chi connectivity index (χ3n) is 7.82. The summed E-state index contributed by atoms with van der Waals surface area (Å²) in [4.78, 5) is 20.2. The van der Waals surface area contributed by atoms with Gasteiger partial charge in [-0.25, -0.2) is 13.1 Å². The molecule has 2 aromatic rings. The Bertz CT molecular complexity index is 1480. The molecule has 5 N–H and O–H groups in total. The van der Waals surface area contributed by atoms with Crippen LogP contribution in [0.3, 0.4) is 0 Å². The first kappa shape index (κ1) is 32.0. The summed E-state index contributed by atoms with van der Waals surface area (Å²) in [5, 5.41) is 16.0. The molecule has 2 aliphatic heterocycles. The van der Waals surface area contributed by atoms with Gasteiger partial charge < -0.3 is 25.9 Å². The molecule has 3 atom stereocenters. The van der Waals surface area contributed by atoms with Crippen LogP contribution in [0.4, 0.5) is 5.69 Å². The molecule has 5 rings (SSSR count). The molecular formula is C26H30Cl5N5O5S. The van der Waals surface area contributed by atoms with Gasteiger partial charge in [0.05, 0.1) is 36.4 Å². The number of hydrogen-bond donors (Lipinski definition) is 4. The predicted molar refractivity (Wildman–Crippen MR) is 166 cm³/mol. The van der Waals surface area contributed by atoms with Crippen molar-refractivity contribution in [2.75, 3.05) is 37.6 Å². The van der Waals surface area contributed by atoms with Crippen molar-refractivity contribution in [3.05, 3.63) is 48.9 Å². The Labute approximate surface area is 269 Å². The fraction of sp³-hybridized carbons (Fsp3) is 0.500. The number of nitrogens with two attached hydrogens (primary N) is 1. The minimum atomic E-state index is -3.49. The second kappa shape index (κ2) is 12.9. The lowest BCUT2D eigenvalue weighted by molar-refractivity contribution is -0.120. The van der Waals surface area contributed by atoms with Gasteiger partial charge in [0, 0.05) is 44.4 Å². The Morgan fingerprint density at radius 1 is 1.07 bits per heavy atom. The molecule has 1 amide bonds. The number of carbonyl (C=O) groups excluding carboxylic acids is 1. The van der Waals surface area contributed by atoms with Crippen LogP contribution in [0.2, 0.25) is 25.1 Å². The molecule has 0 aromatic heterocycles. The van der Waals surface area contributed by atoms with E-state index in [0.29, 0.717) is 61.6 Å². The average molecular weight is 702 g/mol. The Hall–Kier alpha value is -1.41. The largest absolute Gasteiger partial charge is 0.508 e. The SMILES string of the molecule is NC(=O)[C@H]1CN(c2c(ON3CCC(c4c(O)ccc(Cl)c4Cl)CC3CNS(=O)(=O)C3CC3)cc(Cl)c(Cl)c2Cl)CCN1. The van der Waals surface area contributed by atoms with Crippen LogP contribution in [-0.4, -0.2) is 74.6 Å². The maximum atomic E-state index is 12.7. The minimum absolute atomic E-state index is 0.0161. The van der Waals surface area contributed by atoms with Crippen LogP contribution in [0.25, 0.3) is 0 Å². The van der Waals surface area contributed by atoms with Crippen molar-refractivity contribution in [1.82, 2.24) is 15.1 Å². The van der Waals surface area contributed by atoms with Crippen molar-refractivity contribution in [1.29, 1.82) is 0 Å². The van der Waals surface area contributed by atoms with Crippen LogP contribution in [-0.2, 0) is 14.8 Å². The lowest BCUT2D eigenvalue weighted by atomic mass is 9.85. The highest BCUT2D eigenvalue weighted by atomic mass is 35.5. The lowest BCUT2D eigenvalue weighted by Crippen LogP contribution is -2.56. The molecule has 2 aromatic carbocycles. The molecule has 3 aliphatic rings. The quantitative estimate of drug-likeness (QED) is 0.280. The smallest absolute Gasteiger partial charge is 0.236 e. The fourth-order valence-corrected chi connectivity index (χ4v) is 8.04. The summed E-state index contributed by atoms with van der Waals surface area (Å²) in [6, 6.07) is 3.47. The number of benzene rings is 2. The third-order valence-corrected chi connectivity index (χ3v) is 11.8. The molecule has 0 spiro atoms. The molecule has 10 nitrogen and oxygen atoms in total. The van der Waals surface area contributed by atoms with Crippen molar-refractivity contribution >= 4 is 79.6 Å². The van der Waals surface area contributed by atoms with Crippen molar-refractivity contribution < 1.29 is 23.2 Å². The number of aromatic hydroxyl groups is 1. The topological polar surface area (TPSA) is 137 Å². The van der Waals surface area contributed by atoms with E-state index in [2.05, 4.69) is 10.0 Å². The molecule has 42 heavy (non-hydrogen) atoms. The van der Waals surface area contributed by atoms with E-state index in [9.17, 15) is 18.3 Å². The molecule has 16 heteroatoms. The standard InChI is InChI=1S/C26H30Cl5N5O5S/c27-16-3-4-19(37)21(22(16)29)13-5-7-36(14(9-13)11-34-42(39,40)15-1-2-15)41-20-10-17(28)23(30)24(31)25(20)35-8-6-33-18(12-35)26(32)38/h3-4,10,13-15,18,33-34,37H,1-2,5-9,11-12H2,(H2,32,38)/t13?,14?,18-/m1/s1. The van der Waals surface area contributed by atoms with Crippen LogP contribution >= 0.6 is 58.0 Å². The van der Waals surface area contributed by atoms with Gasteiger partial charge in [-0.3, -0.25) is 4.79 Å². The van der Waals surface area contributed by atoms with Gasteiger partial charge in [0.25, 0.3) is 0 Å². The number of halogens is 5. The zero-order valence-corrected chi connectivity index (χ0v) is 26.9. The molecule has 3 fully saturated rings. The van der Waals surface area contributed by atoms with E-state index in [1.807, 2.05) is 4.90 Å². The number of phenols is 1. The fourth-order valence-electron chi connectivity index (χ4n) is 5.45. The first-order chi connectivity index (χ1) is 19.9. The monoisotopic (exact) mass is 699 g/mol. The number of primary amides is 1. The van der Waals surface area contributed by atoms with Crippen LogP contribution in [0, 0.1) is 0 Å². The van der Waals surface area contributed by atoms with E-state index < -0.39 is 33.3 Å². The first-order valence-electron chi connectivity index (χ1n) is 13.4. The van der Waals surface area contributed by atoms with E-state index in [0.717, 1.165) is 0 Å². The second-order valence-electron chi connectivity index (χ2n) is 10.7. The molecule has 2 unspecified atom stereocenters. The summed E-state index contributed by atoms with van der Waals surface area (Å²) >= 11 is 32.3. The Balaban J connectivity index is 1.46. The maximum absolute atomic E-state index is 12.7. The van der Waals surface area contributed by atoms with Crippen LogP contribution in [0.15, 0.2) is 18.2 Å². The number of nitrogens with one attached hydrogen (secondary N) is 2. The van der Waals surface area contributed by atoms with Crippen LogP contribution < -0.4 is 25.5 Å². The number of amides is 1. The lowest BCUT2D eigenvalue weighted by Gasteiger charge is -2.40. The number of hydrogen-bond acceptors (Lipinski definition) is 8. The Morgan fingerprint density at radius 2 is 1.81 bits per heavy atom. The summed E-state index contributed by atoms with van der Waals surface area (Å²) in [7, 11) is -3.49. The number of hydroxylamine groups is 2. The average Bonchev–Trinajstić information content (AvgIpc) is 3.81. The summed E-state index contributed by atoms with van der Waals surface area (Å²) in [5.74, 6) is -0.432. The van der Waals surface area contributed by atoms with Crippen molar-refractivity contribution in [3.63, 3.8) is 0 Å². The molecule has 2 saturated heterocycles. The number of sulfonamides is 1. The molecule has 1 aliphatic carbocycles. The van der Waals surface area contributed by atoms with Gasteiger partial charge in [-0.15, -0.1) is 5.06 Å². The van der Waals surface area contributed by atoms with Crippen LogP contribution in [0.1, 0.15) is 37.2 Å². The predicted octanol–water partition coefficient (Wildman–Crippen LogP) is 4.55. The number of nitrogens with zero attached hydrogens (tertiary/aromatic N) is 2. The third kappa shape index (κ3) is 6.79. The summed E-state index contributed by atoms with van der Waals surface area (Å²) in [6.45, 7) is 1.56. The van der Waals surface area contributed by atoms with Crippen molar-refractivity contribution in [2.24, 2.45) is 5.73 Å². The van der Waals surface area contributed by atoms with E-state index >= 15 is 0 Å². The number of carbonyl (C=O) groups is 1. The van der Waals surface area contributed by atoms with E-state index in [1.54, 1.807) is 11.1 Å². The van der Waals surface area contributed by atoms with Gasteiger partial charge in [0.1, 0.15) is 17.5 Å². The van der Waals surface area contributed by atoms with Gasteiger partial charge in [0.2, 0.25) is 15.9 Å². The Kier molecular flexibility index (Phi) is 9.83. The van der Waals surface area contributed by atoms with Gasteiger partial charge in [-0.05, 0) is 43.7 Å². The molecule has 2 heterocycles. The van der Waals surface area contributed by atoms with E-state index in [4.69, 9.17) is 68.6 Å². The highest BCUT2D eigenvalue weighted by molar-refractivity contribution is 7.90. The Morgan fingerprint density at radius 3 is 2.50 bits per heavy atom. The van der Waals surface area contributed by atoms with Gasteiger partial charge >= 0.3 is 0 Å².